The zero-order valence-corrected chi connectivity index (χ0v) is 13.3. The van der Waals surface area contributed by atoms with Crippen molar-refractivity contribution in [2.24, 2.45) is 0 Å². The lowest BCUT2D eigenvalue weighted by Crippen LogP contribution is -2.31. The van der Waals surface area contributed by atoms with Crippen LogP contribution in [0.25, 0.3) is 0 Å². The highest BCUT2D eigenvalue weighted by Gasteiger charge is 2.30. The first-order valence-corrected chi connectivity index (χ1v) is 7.92. The molecule has 5 heteroatoms. The average molecular weight is 301 g/mol. The summed E-state index contributed by atoms with van der Waals surface area (Å²) in [7, 11) is 3.90. The Labute approximate surface area is 131 Å². The number of pyridine rings is 1. The molecule has 1 aliphatic heterocycles. The zero-order valence-electron chi connectivity index (χ0n) is 13.3. The van der Waals surface area contributed by atoms with Gasteiger partial charge in [-0.2, -0.15) is 0 Å². The molecule has 22 heavy (non-hydrogen) atoms. The second kappa shape index (κ2) is 6.38. The molecule has 0 N–H and O–H groups in total. The molecule has 1 aliphatic carbocycles. The highest BCUT2D eigenvalue weighted by atomic mass is 16.5. The summed E-state index contributed by atoms with van der Waals surface area (Å²) in [6.07, 6.45) is 7.84. The predicted octanol–water partition coefficient (Wildman–Crippen LogP) is 2.24. The molecule has 1 aromatic rings. The summed E-state index contributed by atoms with van der Waals surface area (Å²) in [6, 6.07) is 3.82. The third-order valence-electron chi connectivity index (χ3n) is 4.22. The fourth-order valence-corrected chi connectivity index (χ4v) is 3.07. The van der Waals surface area contributed by atoms with Crippen molar-refractivity contribution >= 4 is 11.7 Å². The van der Waals surface area contributed by atoms with Crippen LogP contribution in [0.4, 0.5) is 5.82 Å². The van der Waals surface area contributed by atoms with Crippen LogP contribution in [0.5, 0.6) is 5.75 Å². The lowest BCUT2D eigenvalue weighted by molar-refractivity contribution is -0.126. The molecule has 2 heterocycles. The van der Waals surface area contributed by atoms with Crippen LogP contribution in [-0.2, 0) is 4.79 Å². The van der Waals surface area contributed by atoms with Crippen molar-refractivity contribution in [1.29, 1.82) is 0 Å². The molecule has 5 nitrogen and oxygen atoms in total. The Morgan fingerprint density at radius 3 is 3.05 bits per heavy atom. The highest BCUT2D eigenvalue weighted by molar-refractivity contribution is 5.94. The maximum atomic E-state index is 12.4. The van der Waals surface area contributed by atoms with E-state index in [0.29, 0.717) is 6.54 Å². The van der Waals surface area contributed by atoms with Crippen molar-refractivity contribution in [3.05, 3.63) is 30.0 Å². The van der Waals surface area contributed by atoms with Gasteiger partial charge in [-0.1, -0.05) is 6.08 Å². The van der Waals surface area contributed by atoms with Crippen molar-refractivity contribution in [1.82, 2.24) is 9.88 Å². The molecule has 0 aromatic carbocycles. The number of carbonyl (C=O) groups is 1. The Bertz CT molecular complexity index is 583. The molecule has 2 aliphatic rings. The van der Waals surface area contributed by atoms with Crippen LogP contribution in [0.15, 0.2) is 30.0 Å². The lowest BCUT2D eigenvalue weighted by atomic mass is 10.2. The van der Waals surface area contributed by atoms with Crippen molar-refractivity contribution < 1.29 is 9.53 Å². The quantitative estimate of drug-likeness (QED) is 0.855. The van der Waals surface area contributed by atoms with Gasteiger partial charge in [-0.25, -0.2) is 4.98 Å². The van der Waals surface area contributed by atoms with E-state index in [0.717, 1.165) is 49.4 Å². The van der Waals surface area contributed by atoms with Gasteiger partial charge in [0.15, 0.2) is 11.6 Å². The van der Waals surface area contributed by atoms with Gasteiger partial charge in [0.1, 0.15) is 6.10 Å². The number of hydrogen-bond donors (Lipinski definition) is 0. The lowest BCUT2D eigenvalue weighted by Gasteiger charge is -2.20. The van der Waals surface area contributed by atoms with Crippen LogP contribution >= 0.6 is 0 Å². The first-order valence-electron chi connectivity index (χ1n) is 7.92. The third-order valence-corrected chi connectivity index (χ3v) is 4.22. The van der Waals surface area contributed by atoms with E-state index in [2.05, 4.69) is 11.1 Å². The van der Waals surface area contributed by atoms with E-state index in [-0.39, 0.29) is 12.0 Å². The van der Waals surface area contributed by atoms with E-state index in [1.807, 2.05) is 36.0 Å². The van der Waals surface area contributed by atoms with Gasteiger partial charge in [-0.05, 0) is 31.4 Å². The molecule has 1 atom stereocenters. The average Bonchev–Trinajstić information content (AvgIpc) is 3.18. The first kappa shape index (κ1) is 14.9. The Kier molecular flexibility index (Phi) is 4.32. The minimum absolute atomic E-state index is 0.0499. The molecular formula is C17H23N3O2. The van der Waals surface area contributed by atoms with Crippen molar-refractivity contribution in [3.63, 3.8) is 0 Å². The number of ether oxygens (including phenoxy) is 1. The predicted molar refractivity (Wildman–Crippen MR) is 86.1 cm³/mol. The van der Waals surface area contributed by atoms with Gasteiger partial charge in [-0.15, -0.1) is 0 Å². The molecular weight excluding hydrogens is 278 g/mol. The van der Waals surface area contributed by atoms with Crippen LogP contribution in [0.2, 0.25) is 0 Å². The van der Waals surface area contributed by atoms with Gasteiger partial charge in [0.05, 0.1) is 6.54 Å². The normalized spacial score (nSPS) is 20.9. The van der Waals surface area contributed by atoms with Gasteiger partial charge < -0.3 is 14.5 Å². The summed E-state index contributed by atoms with van der Waals surface area (Å²) in [5.41, 5.74) is 0.982. The van der Waals surface area contributed by atoms with Crippen LogP contribution in [0, 0.1) is 0 Å². The minimum atomic E-state index is 0.0499. The van der Waals surface area contributed by atoms with Crippen molar-refractivity contribution in [2.45, 2.75) is 31.8 Å². The number of likely N-dealkylation sites (tertiary alicyclic amines) is 1. The maximum Gasteiger partial charge on any atom is 0.249 e. The summed E-state index contributed by atoms with van der Waals surface area (Å²) >= 11 is 0. The Hall–Kier alpha value is -2.04. The fraction of sp³-hybridized carbons (Fsp3) is 0.529. The molecule has 0 bridgehead atoms. The summed E-state index contributed by atoms with van der Waals surface area (Å²) in [6.45, 7) is 1.44. The van der Waals surface area contributed by atoms with E-state index < -0.39 is 0 Å². The van der Waals surface area contributed by atoms with Crippen LogP contribution < -0.4 is 9.64 Å². The molecule has 0 unspecified atom stereocenters. The first-order chi connectivity index (χ1) is 10.6. The topological polar surface area (TPSA) is 45.7 Å². The maximum absolute atomic E-state index is 12.4. The molecule has 3 rings (SSSR count). The molecule has 0 radical (unpaired) electrons. The van der Waals surface area contributed by atoms with Gasteiger partial charge in [0, 0.05) is 38.8 Å². The van der Waals surface area contributed by atoms with Gasteiger partial charge in [-0.3, -0.25) is 4.79 Å². The zero-order chi connectivity index (χ0) is 15.5. The van der Waals surface area contributed by atoms with Crippen molar-refractivity contribution in [3.8, 4) is 5.75 Å². The molecule has 1 saturated heterocycles. The summed E-state index contributed by atoms with van der Waals surface area (Å²) in [4.78, 5) is 20.6. The smallest absolute Gasteiger partial charge is 0.249 e. The number of allylic oxidation sites excluding steroid dienone is 1. The summed E-state index contributed by atoms with van der Waals surface area (Å²) in [5.74, 6) is 1.81. The SMILES string of the molecule is CN(C)c1ncccc1O[C@@H]1CCN(C(=O)C2=CCCC2)C1. The number of amides is 1. The number of carbonyl (C=O) groups excluding carboxylic acids is 1. The van der Waals surface area contributed by atoms with Crippen LogP contribution in [0.3, 0.4) is 0 Å². The van der Waals surface area contributed by atoms with Gasteiger partial charge in [0.25, 0.3) is 0 Å². The largest absolute Gasteiger partial charge is 0.485 e. The minimum Gasteiger partial charge on any atom is -0.485 e. The molecule has 0 spiro atoms. The monoisotopic (exact) mass is 301 g/mol. The Morgan fingerprint density at radius 2 is 2.32 bits per heavy atom. The number of aromatic nitrogens is 1. The van der Waals surface area contributed by atoms with E-state index >= 15 is 0 Å². The second-order valence-corrected chi connectivity index (χ2v) is 6.12. The number of anilines is 1. The van der Waals surface area contributed by atoms with Gasteiger partial charge >= 0.3 is 0 Å². The summed E-state index contributed by atoms with van der Waals surface area (Å²) < 4.78 is 6.09. The summed E-state index contributed by atoms with van der Waals surface area (Å²) in [5, 5.41) is 0. The molecule has 0 saturated carbocycles. The van der Waals surface area contributed by atoms with Crippen LogP contribution in [0.1, 0.15) is 25.7 Å². The van der Waals surface area contributed by atoms with E-state index in [1.54, 1.807) is 6.20 Å². The number of nitrogens with zero attached hydrogens (tertiary/aromatic N) is 3. The number of rotatable bonds is 4. The van der Waals surface area contributed by atoms with E-state index in [9.17, 15) is 4.79 Å². The molecule has 1 fully saturated rings. The molecule has 118 valence electrons. The van der Waals surface area contributed by atoms with Crippen LogP contribution in [-0.4, -0.2) is 49.1 Å². The van der Waals surface area contributed by atoms with E-state index in [1.165, 1.54) is 0 Å². The highest BCUT2D eigenvalue weighted by Crippen LogP contribution is 2.28. The molecule has 1 aromatic heterocycles. The molecule has 1 amide bonds. The van der Waals surface area contributed by atoms with E-state index in [4.69, 9.17) is 4.74 Å². The number of hydrogen-bond acceptors (Lipinski definition) is 4. The third kappa shape index (κ3) is 3.08. The standard InChI is InChI=1S/C17H23N3O2/c1-19(2)16-15(8-5-10-18-16)22-14-9-11-20(12-14)17(21)13-6-3-4-7-13/h5-6,8,10,14H,3-4,7,9,11-12H2,1-2H3/t14-/m1/s1. The van der Waals surface area contributed by atoms with Crippen molar-refractivity contribution in [2.75, 3.05) is 32.1 Å². The van der Waals surface area contributed by atoms with Gasteiger partial charge in [0.2, 0.25) is 5.91 Å². The second-order valence-electron chi connectivity index (χ2n) is 6.12. The Balaban J connectivity index is 1.63. The fourth-order valence-electron chi connectivity index (χ4n) is 3.07. The Morgan fingerprint density at radius 1 is 1.45 bits per heavy atom.